The van der Waals surface area contributed by atoms with Gasteiger partial charge >= 0.3 is 5.97 Å². The summed E-state index contributed by atoms with van der Waals surface area (Å²) in [6, 6.07) is 0. The molecule has 0 aromatic rings. The average Bonchev–Trinajstić information content (AvgIpc) is 2.51. The van der Waals surface area contributed by atoms with Crippen molar-refractivity contribution in [1.82, 2.24) is 0 Å². The Balaban J connectivity index is 3.71. The van der Waals surface area contributed by atoms with E-state index in [1.807, 2.05) is 0 Å². The third kappa shape index (κ3) is 14.4. The van der Waals surface area contributed by atoms with Crippen molar-refractivity contribution in [1.29, 1.82) is 0 Å². The molecule has 0 amide bonds. The van der Waals surface area contributed by atoms with Crippen LogP contribution in [0.2, 0.25) is 0 Å². The van der Waals surface area contributed by atoms with Gasteiger partial charge in [-0.1, -0.05) is 64.0 Å². The zero-order valence-electron chi connectivity index (χ0n) is 14.4. The summed E-state index contributed by atoms with van der Waals surface area (Å²) in [5, 5.41) is 37.7. The van der Waals surface area contributed by atoms with Crippen molar-refractivity contribution >= 4 is 5.97 Å². The molecule has 0 spiro atoms. The lowest BCUT2D eigenvalue weighted by molar-refractivity contribution is -0.137. The maximum absolute atomic E-state index is 10.4. The fourth-order valence-electron chi connectivity index (χ4n) is 2.41. The summed E-state index contributed by atoms with van der Waals surface area (Å²) in [4.78, 5) is 10.4. The maximum Gasteiger partial charge on any atom is 0.303 e. The molecule has 0 saturated heterocycles. The molecular weight excluding hydrogens is 296 g/mol. The van der Waals surface area contributed by atoms with Crippen molar-refractivity contribution < 1.29 is 25.2 Å². The zero-order chi connectivity index (χ0) is 17.5. The number of rotatable bonds is 15. The summed E-state index contributed by atoms with van der Waals surface area (Å²) in [7, 11) is 0. The number of unbranched alkanes of at least 4 members (excludes halogenated alkanes) is 6. The van der Waals surface area contributed by atoms with E-state index >= 15 is 0 Å². The molecule has 136 valence electrons. The molecule has 0 aromatic carbocycles. The van der Waals surface area contributed by atoms with Gasteiger partial charge in [-0.2, -0.15) is 0 Å². The van der Waals surface area contributed by atoms with E-state index < -0.39 is 24.3 Å². The van der Waals surface area contributed by atoms with E-state index in [4.69, 9.17) is 5.11 Å². The van der Waals surface area contributed by atoms with Crippen molar-refractivity contribution in [2.45, 2.75) is 95.9 Å². The standard InChI is InChI=1S/C18H34O5/c1-2-3-4-5-6-7-8-10-15(19)13-14-17(21)16(20)11-9-12-18(22)23/h13-17,19-21H,2-12H2,1H3,(H,22,23). The van der Waals surface area contributed by atoms with Crippen LogP contribution in [0.15, 0.2) is 12.2 Å². The average molecular weight is 330 g/mol. The largest absolute Gasteiger partial charge is 0.481 e. The first-order chi connectivity index (χ1) is 11.0. The van der Waals surface area contributed by atoms with Gasteiger partial charge in [0.15, 0.2) is 0 Å². The molecule has 3 atom stereocenters. The van der Waals surface area contributed by atoms with Crippen molar-refractivity contribution in [3.05, 3.63) is 12.2 Å². The van der Waals surface area contributed by atoms with Crippen LogP contribution >= 0.6 is 0 Å². The summed E-state index contributed by atoms with van der Waals surface area (Å²) in [5.41, 5.74) is 0. The normalized spacial score (nSPS) is 15.7. The van der Waals surface area contributed by atoms with Crippen LogP contribution in [0.25, 0.3) is 0 Å². The molecule has 3 unspecified atom stereocenters. The molecule has 0 heterocycles. The Hall–Kier alpha value is -0.910. The monoisotopic (exact) mass is 330 g/mol. The topological polar surface area (TPSA) is 98.0 Å². The number of carboxylic acid groups (broad SMARTS) is 1. The maximum atomic E-state index is 10.4. The lowest BCUT2D eigenvalue weighted by Crippen LogP contribution is -2.24. The predicted octanol–water partition coefficient (Wildman–Crippen LogP) is 3.02. The van der Waals surface area contributed by atoms with Gasteiger partial charge in [0.1, 0.15) is 0 Å². The second-order valence-corrected chi connectivity index (χ2v) is 6.21. The number of aliphatic carboxylic acids is 1. The summed E-state index contributed by atoms with van der Waals surface area (Å²) < 4.78 is 0. The third-order valence-corrected chi connectivity index (χ3v) is 3.92. The lowest BCUT2D eigenvalue weighted by Gasteiger charge is -2.14. The van der Waals surface area contributed by atoms with E-state index in [0.717, 1.165) is 12.8 Å². The van der Waals surface area contributed by atoms with Gasteiger partial charge in [0.05, 0.1) is 18.3 Å². The summed E-state index contributed by atoms with van der Waals surface area (Å²) in [6.07, 6.45) is 9.77. The zero-order valence-corrected chi connectivity index (χ0v) is 14.4. The van der Waals surface area contributed by atoms with Crippen LogP contribution in [0, 0.1) is 0 Å². The summed E-state index contributed by atoms with van der Waals surface area (Å²) >= 11 is 0. The van der Waals surface area contributed by atoms with Gasteiger partial charge < -0.3 is 20.4 Å². The summed E-state index contributed by atoms with van der Waals surface area (Å²) in [6.45, 7) is 2.19. The van der Waals surface area contributed by atoms with Gasteiger partial charge in [0.25, 0.3) is 0 Å². The fourth-order valence-corrected chi connectivity index (χ4v) is 2.41. The molecule has 0 aliphatic heterocycles. The highest BCUT2D eigenvalue weighted by Crippen LogP contribution is 2.11. The van der Waals surface area contributed by atoms with Crippen LogP contribution in [0.1, 0.15) is 77.6 Å². The Morgan fingerprint density at radius 2 is 1.48 bits per heavy atom. The minimum absolute atomic E-state index is 0.0195. The third-order valence-electron chi connectivity index (χ3n) is 3.92. The molecule has 0 saturated carbocycles. The molecule has 23 heavy (non-hydrogen) atoms. The Labute approximate surface area is 140 Å². The van der Waals surface area contributed by atoms with E-state index in [2.05, 4.69) is 6.92 Å². The minimum atomic E-state index is -1.06. The Kier molecular flexibility index (Phi) is 14.1. The number of aliphatic hydroxyl groups excluding tert-OH is 3. The number of carbonyl (C=O) groups is 1. The van der Waals surface area contributed by atoms with E-state index in [1.165, 1.54) is 44.3 Å². The van der Waals surface area contributed by atoms with Crippen LogP contribution in [0.5, 0.6) is 0 Å². The first-order valence-electron chi connectivity index (χ1n) is 8.91. The van der Waals surface area contributed by atoms with Crippen molar-refractivity contribution in [2.75, 3.05) is 0 Å². The van der Waals surface area contributed by atoms with Crippen LogP contribution < -0.4 is 0 Å². The van der Waals surface area contributed by atoms with Crippen LogP contribution in [0.4, 0.5) is 0 Å². The highest BCUT2D eigenvalue weighted by atomic mass is 16.4. The van der Waals surface area contributed by atoms with Gasteiger partial charge in [-0.3, -0.25) is 4.79 Å². The number of carboxylic acids is 1. The highest BCUT2D eigenvalue weighted by molar-refractivity contribution is 5.66. The van der Waals surface area contributed by atoms with Crippen LogP contribution in [-0.4, -0.2) is 44.7 Å². The van der Waals surface area contributed by atoms with Gasteiger partial charge in [0, 0.05) is 6.42 Å². The molecule has 0 radical (unpaired) electrons. The van der Waals surface area contributed by atoms with E-state index in [9.17, 15) is 20.1 Å². The van der Waals surface area contributed by atoms with Crippen LogP contribution in [0.3, 0.4) is 0 Å². The lowest BCUT2D eigenvalue weighted by atomic mass is 10.0. The number of hydrogen-bond donors (Lipinski definition) is 4. The molecule has 5 nitrogen and oxygen atoms in total. The van der Waals surface area contributed by atoms with Crippen molar-refractivity contribution in [3.63, 3.8) is 0 Å². The van der Waals surface area contributed by atoms with Gasteiger partial charge in [0.2, 0.25) is 0 Å². The van der Waals surface area contributed by atoms with E-state index in [-0.39, 0.29) is 12.8 Å². The Bertz CT molecular complexity index is 317. The van der Waals surface area contributed by atoms with E-state index in [0.29, 0.717) is 12.8 Å². The SMILES string of the molecule is CCCCCCCCCC(O)C=CC(O)C(O)CCCC(=O)O. The van der Waals surface area contributed by atoms with Crippen molar-refractivity contribution in [3.8, 4) is 0 Å². The molecule has 5 heteroatoms. The molecular formula is C18H34O5. The Morgan fingerprint density at radius 1 is 0.870 bits per heavy atom. The fraction of sp³-hybridized carbons (Fsp3) is 0.833. The molecule has 0 aliphatic rings. The quantitative estimate of drug-likeness (QED) is 0.273. The molecule has 0 aliphatic carbocycles. The smallest absolute Gasteiger partial charge is 0.303 e. The second-order valence-electron chi connectivity index (χ2n) is 6.21. The minimum Gasteiger partial charge on any atom is -0.481 e. The van der Waals surface area contributed by atoms with Crippen molar-refractivity contribution in [2.24, 2.45) is 0 Å². The van der Waals surface area contributed by atoms with Gasteiger partial charge in [-0.15, -0.1) is 0 Å². The molecule has 0 fully saturated rings. The molecule has 0 bridgehead atoms. The molecule has 0 aromatic heterocycles. The van der Waals surface area contributed by atoms with E-state index in [1.54, 1.807) is 0 Å². The predicted molar refractivity (Wildman–Crippen MR) is 91.3 cm³/mol. The summed E-state index contributed by atoms with van der Waals surface area (Å²) in [5.74, 6) is -0.910. The first kappa shape index (κ1) is 22.1. The number of aliphatic hydroxyl groups is 3. The highest BCUT2D eigenvalue weighted by Gasteiger charge is 2.14. The molecule has 0 rings (SSSR count). The molecule has 4 N–H and O–H groups in total. The van der Waals surface area contributed by atoms with Gasteiger partial charge in [-0.25, -0.2) is 0 Å². The number of hydrogen-bond acceptors (Lipinski definition) is 4. The first-order valence-corrected chi connectivity index (χ1v) is 8.91. The van der Waals surface area contributed by atoms with Crippen LogP contribution in [-0.2, 0) is 4.79 Å². The Morgan fingerprint density at radius 3 is 2.09 bits per heavy atom. The second kappa shape index (κ2) is 14.7. The van der Waals surface area contributed by atoms with Gasteiger partial charge in [-0.05, 0) is 19.3 Å².